The molecule has 0 aliphatic rings. The molecule has 1 N–H and O–H groups in total. The van der Waals surface area contributed by atoms with Crippen LogP contribution in [0.15, 0.2) is 75.1 Å². The van der Waals surface area contributed by atoms with E-state index in [4.69, 9.17) is 0 Å². The van der Waals surface area contributed by atoms with E-state index in [1.54, 1.807) is 47.4 Å². The Balaban J connectivity index is 1.70. The van der Waals surface area contributed by atoms with Gasteiger partial charge in [0.15, 0.2) is 9.84 Å². The van der Waals surface area contributed by atoms with Gasteiger partial charge in [0, 0.05) is 16.9 Å². The molecule has 0 fully saturated rings. The third kappa shape index (κ3) is 5.25. The average molecular weight is 432 g/mol. The van der Waals surface area contributed by atoms with Crippen molar-refractivity contribution in [2.75, 3.05) is 6.26 Å². The lowest BCUT2D eigenvalue weighted by Crippen LogP contribution is -2.27. The number of amides is 1. The van der Waals surface area contributed by atoms with Gasteiger partial charge in [0.05, 0.1) is 16.5 Å². The van der Waals surface area contributed by atoms with E-state index in [2.05, 4.69) is 16.8 Å². The fraction of sp³-hybridized carbons (Fsp3) is 0.190. The van der Waals surface area contributed by atoms with Crippen LogP contribution < -0.4 is 5.32 Å². The Bertz CT molecular complexity index is 1040. The minimum absolute atomic E-state index is 0.145. The van der Waals surface area contributed by atoms with Gasteiger partial charge in [-0.05, 0) is 59.1 Å². The van der Waals surface area contributed by atoms with Crippen molar-refractivity contribution in [3.8, 4) is 0 Å². The first kappa shape index (κ1) is 20.6. The van der Waals surface area contributed by atoms with Gasteiger partial charge in [0.2, 0.25) is 0 Å². The molecule has 1 aromatic heterocycles. The summed E-state index contributed by atoms with van der Waals surface area (Å²) in [5.74, 6) is 0.671. The second kappa shape index (κ2) is 8.94. The first-order valence-electron chi connectivity index (χ1n) is 8.68. The van der Waals surface area contributed by atoms with Gasteiger partial charge in [0.1, 0.15) is 0 Å². The number of benzene rings is 2. The summed E-state index contributed by atoms with van der Waals surface area (Å²) in [6.07, 6.45) is 1.18. The predicted octanol–water partition coefficient (Wildman–Crippen LogP) is 4.93. The summed E-state index contributed by atoms with van der Waals surface area (Å²) in [4.78, 5) is 14.0. The fourth-order valence-corrected chi connectivity index (χ4v) is 5.07. The number of rotatable bonds is 7. The van der Waals surface area contributed by atoms with Crippen molar-refractivity contribution in [2.24, 2.45) is 0 Å². The highest BCUT2D eigenvalue weighted by Crippen LogP contribution is 2.27. The van der Waals surface area contributed by atoms with E-state index < -0.39 is 9.84 Å². The minimum atomic E-state index is -3.23. The van der Waals surface area contributed by atoms with Crippen molar-refractivity contribution in [3.05, 3.63) is 82.0 Å². The molecule has 1 unspecified atom stereocenters. The van der Waals surface area contributed by atoms with Gasteiger partial charge in [0.25, 0.3) is 5.91 Å². The Morgan fingerprint density at radius 1 is 1.11 bits per heavy atom. The molecule has 146 valence electrons. The number of carbonyl (C=O) groups is 1. The molecular weight excluding hydrogens is 410 g/mol. The van der Waals surface area contributed by atoms with Crippen LogP contribution in [0.25, 0.3) is 0 Å². The SMILES string of the molecule is CC(NC(=O)c1ccccc1SCc1ccsc1)c1ccc(S(C)(=O)=O)cc1. The highest BCUT2D eigenvalue weighted by Gasteiger charge is 2.16. The van der Waals surface area contributed by atoms with Crippen LogP contribution in [0.5, 0.6) is 0 Å². The van der Waals surface area contributed by atoms with E-state index in [1.807, 2.05) is 36.6 Å². The van der Waals surface area contributed by atoms with E-state index in [1.165, 1.54) is 11.8 Å². The largest absolute Gasteiger partial charge is 0.345 e. The number of hydrogen-bond donors (Lipinski definition) is 1. The van der Waals surface area contributed by atoms with Crippen molar-refractivity contribution in [3.63, 3.8) is 0 Å². The zero-order valence-corrected chi connectivity index (χ0v) is 18.0. The molecule has 1 atom stereocenters. The Morgan fingerprint density at radius 3 is 2.46 bits per heavy atom. The maximum atomic E-state index is 12.8. The van der Waals surface area contributed by atoms with Gasteiger partial charge in [-0.2, -0.15) is 11.3 Å². The third-order valence-corrected chi connectivity index (χ3v) is 7.27. The zero-order valence-electron chi connectivity index (χ0n) is 15.6. The van der Waals surface area contributed by atoms with Gasteiger partial charge in [-0.25, -0.2) is 8.42 Å². The molecule has 0 aliphatic carbocycles. The molecule has 7 heteroatoms. The molecule has 0 saturated heterocycles. The molecule has 2 aromatic carbocycles. The minimum Gasteiger partial charge on any atom is -0.345 e. The van der Waals surface area contributed by atoms with Crippen molar-refractivity contribution in [1.82, 2.24) is 5.32 Å². The molecule has 3 aromatic rings. The third-order valence-electron chi connectivity index (χ3n) is 4.26. The van der Waals surface area contributed by atoms with Crippen LogP contribution in [0.3, 0.4) is 0 Å². The lowest BCUT2D eigenvalue weighted by molar-refractivity contribution is 0.0937. The Kier molecular flexibility index (Phi) is 6.59. The van der Waals surface area contributed by atoms with Crippen LogP contribution in [-0.4, -0.2) is 20.6 Å². The summed E-state index contributed by atoms with van der Waals surface area (Å²) in [6, 6.07) is 16.0. The molecule has 3 rings (SSSR count). The van der Waals surface area contributed by atoms with Gasteiger partial charge in [-0.1, -0.05) is 24.3 Å². The summed E-state index contributed by atoms with van der Waals surface area (Å²) in [6.45, 7) is 1.88. The molecular formula is C21H21NO3S3. The van der Waals surface area contributed by atoms with Crippen LogP contribution >= 0.6 is 23.1 Å². The van der Waals surface area contributed by atoms with Crippen LogP contribution in [-0.2, 0) is 15.6 Å². The number of nitrogens with one attached hydrogen (secondary N) is 1. The molecule has 0 radical (unpaired) electrons. The normalized spacial score (nSPS) is 12.5. The van der Waals surface area contributed by atoms with Gasteiger partial charge in [-0.3, -0.25) is 4.79 Å². The number of hydrogen-bond acceptors (Lipinski definition) is 5. The Labute approximate surface area is 173 Å². The van der Waals surface area contributed by atoms with E-state index in [0.717, 1.165) is 16.2 Å². The second-order valence-corrected chi connectivity index (χ2v) is 10.3. The quantitative estimate of drug-likeness (QED) is 0.539. The maximum Gasteiger partial charge on any atom is 0.252 e. The monoisotopic (exact) mass is 431 g/mol. The molecule has 0 aliphatic heterocycles. The van der Waals surface area contributed by atoms with Crippen LogP contribution in [0.2, 0.25) is 0 Å². The highest BCUT2D eigenvalue weighted by atomic mass is 32.2. The second-order valence-electron chi connectivity index (χ2n) is 6.45. The highest BCUT2D eigenvalue weighted by molar-refractivity contribution is 7.98. The summed E-state index contributed by atoms with van der Waals surface area (Å²) < 4.78 is 23.2. The van der Waals surface area contributed by atoms with Crippen molar-refractivity contribution >= 4 is 38.8 Å². The molecule has 4 nitrogen and oxygen atoms in total. The van der Waals surface area contributed by atoms with Gasteiger partial charge in [-0.15, -0.1) is 11.8 Å². The van der Waals surface area contributed by atoms with E-state index in [9.17, 15) is 13.2 Å². The molecule has 1 heterocycles. The zero-order chi connectivity index (χ0) is 20.1. The maximum absolute atomic E-state index is 12.8. The lowest BCUT2D eigenvalue weighted by atomic mass is 10.1. The smallest absolute Gasteiger partial charge is 0.252 e. The van der Waals surface area contributed by atoms with Crippen LogP contribution in [0.1, 0.15) is 34.5 Å². The van der Waals surface area contributed by atoms with Gasteiger partial charge >= 0.3 is 0 Å². The van der Waals surface area contributed by atoms with E-state index in [0.29, 0.717) is 5.56 Å². The lowest BCUT2D eigenvalue weighted by Gasteiger charge is -2.16. The summed E-state index contributed by atoms with van der Waals surface area (Å²) >= 11 is 3.30. The first-order chi connectivity index (χ1) is 13.3. The Morgan fingerprint density at radius 2 is 1.82 bits per heavy atom. The summed E-state index contributed by atoms with van der Waals surface area (Å²) in [7, 11) is -3.23. The summed E-state index contributed by atoms with van der Waals surface area (Å²) in [5, 5.41) is 7.16. The average Bonchev–Trinajstić information content (AvgIpc) is 3.19. The Hall–Kier alpha value is -2.09. The molecule has 1 amide bonds. The van der Waals surface area contributed by atoms with Crippen LogP contribution in [0.4, 0.5) is 0 Å². The standard InChI is InChI=1S/C21H21NO3S3/c1-15(17-7-9-18(10-8-17)28(2,24)25)22-21(23)19-5-3-4-6-20(19)27-14-16-11-12-26-13-16/h3-13,15H,14H2,1-2H3,(H,22,23). The molecule has 0 saturated carbocycles. The summed E-state index contributed by atoms with van der Waals surface area (Å²) in [5.41, 5.74) is 2.73. The number of sulfone groups is 1. The molecule has 0 spiro atoms. The van der Waals surface area contributed by atoms with Crippen molar-refractivity contribution in [1.29, 1.82) is 0 Å². The van der Waals surface area contributed by atoms with Gasteiger partial charge < -0.3 is 5.32 Å². The number of carbonyl (C=O) groups excluding carboxylic acids is 1. The van der Waals surface area contributed by atoms with Crippen LogP contribution in [0, 0.1) is 0 Å². The van der Waals surface area contributed by atoms with E-state index >= 15 is 0 Å². The number of thiophene rings is 1. The first-order valence-corrected chi connectivity index (χ1v) is 12.5. The van der Waals surface area contributed by atoms with E-state index in [-0.39, 0.29) is 16.8 Å². The van der Waals surface area contributed by atoms with Crippen molar-refractivity contribution in [2.45, 2.75) is 28.5 Å². The fourth-order valence-electron chi connectivity index (χ4n) is 2.68. The van der Waals surface area contributed by atoms with Crippen molar-refractivity contribution < 1.29 is 13.2 Å². The molecule has 0 bridgehead atoms. The predicted molar refractivity (Wildman–Crippen MR) is 116 cm³/mol. The topological polar surface area (TPSA) is 63.2 Å². The molecule has 28 heavy (non-hydrogen) atoms. The number of thioether (sulfide) groups is 1.